The van der Waals surface area contributed by atoms with Crippen molar-refractivity contribution in [2.45, 2.75) is 68.1 Å². The third-order valence-electron chi connectivity index (χ3n) is 5.15. The van der Waals surface area contributed by atoms with Crippen LogP contribution in [0.1, 0.15) is 51.1 Å². The lowest BCUT2D eigenvalue weighted by molar-refractivity contribution is -0.141. The van der Waals surface area contributed by atoms with Crippen LogP contribution < -0.4 is 0 Å². The fourth-order valence-corrected chi connectivity index (χ4v) is 4.81. The number of carbonyl (C=O) groups is 1. The number of pyridine rings is 1. The summed E-state index contributed by atoms with van der Waals surface area (Å²) >= 11 is 1.81. The van der Waals surface area contributed by atoms with Crippen LogP contribution in [0.4, 0.5) is 8.78 Å². The second-order valence-electron chi connectivity index (χ2n) is 7.42. The summed E-state index contributed by atoms with van der Waals surface area (Å²) in [5.74, 6) is -5.32. The van der Waals surface area contributed by atoms with Gasteiger partial charge in [-0.25, -0.2) is 8.78 Å². The molecule has 152 valence electrons. The summed E-state index contributed by atoms with van der Waals surface area (Å²) in [6.45, 7) is 1.29. The van der Waals surface area contributed by atoms with Crippen molar-refractivity contribution < 1.29 is 23.4 Å². The molecule has 1 aromatic heterocycles. The zero-order valence-electron chi connectivity index (χ0n) is 15.9. The highest BCUT2D eigenvalue weighted by Crippen LogP contribution is 2.36. The molecule has 3 rings (SSSR count). The minimum absolute atomic E-state index is 0.117. The highest BCUT2D eigenvalue weighted by molar-refractivity contribution is 8.00. The van der Waals surface area contributed by atoms with Crippen LogP contribution in [-0.2, 0) is 16.1 Å². The number of aliphatic carboxylic acids is 1. The van der Waals surface area contributed by atoms with Crippen LogP contribution in [0.2, 0.25) is 0 Å². The summed E-state index contributed by atoms with van der Waals surface area (Å²) in [7, 11) is 0. The Morgan fingerprint density at radius 2 is 2.18 bits per heavy atom. The Morgan fingerprint density at radius 1 is 1.43 bits per heavy atom. The fourth-order valence-electron chi connectivity index (χ4n) is 3.51. The molecule has 2 aliphatic carbocycles. The third-order valence-corrected chi connectivity index (χ3v) is 6.48. The molecule has 0 saturated heterocycles. The van der Waals surface area contributed by atoms with E-state index in [1.54, 1.807) is 6.20 Å². The molecule has 0 radical (unpaired) electrons. The summed E-state index contributed by atoms with van der Waals surface area (Å²) in [6, 6.07) is 3.81. The molecule has 7 heteroatoms. The molecule has 0 amide bonds. The quantitative estimate of drug-likeness (QED) is 0.636. The van der Waals surface area contributed by atoms with Gasteiger partial charge in [0.25, 0.3) is 0 Å². The SMILES string of the molecule is CC(C(=O)O)C1=CC(F)=CC(F)(OCc2cc(SC3CCCCC3)ccn2)C1. The Labute approximate surface area is 168 Å². The van der Waals surface area contributed by atoms with Gasteiger partial charge in [-0.2, -0.15) is 0 Å². The maximum Gasteiger partial charge on any atom is 0.310 e. The topological polar surface area (TPSA) is 59.4 Å². The van der Waals surface area contributed by atoms with Crippen molar-refractivity contribution in [1.29, 1.82) is 0 Å². The number of hydrogen-bond acceptors (Lipinski definition) is 4. The third kappa shape index (κ3) is 5.64. The second-order valence-corrected chi connectivity index (χ2v) is 8.79. The van der Waals surface area contributed by atoms with Gasteiger partial charge in [0.15, 0.2) is 0 Å². The summed E-state index contributed by atoms with van der Waals surface area (Å²) in [5.41, 5.74) is 0.721. The largest absolute Gasteiger partial charge is 0.481 e. The van der Waals surface area contributed by atoms with E-state index in [0.717, 1.165) is 17.0 Å². The number of nitrogens with zero attached hydrogens (tertiary/aromatic N) is 1. The predicted octanol–water partition coefficient (Wildman–Crippen LogP) is 5.59. The molecule has 1 N–H and O–H groups in total. The van der Waals surface area contributed by atoms with Gasteiger partial charge in [-0.15, -0.1) is 11.8 Å². The molecule has 0 aliphatic heterocycles. The van der Waals surface area contributed by atoms with Crippen molar-refractivity contribution in [3.63, 3.8) is 0 Å². The Balaban J connectivity index is 1.62. The zero-order chi connectivity index (χ0) is 20.1. The van der Waals surface area contributed by atoms with Crippen LogP contribution in [0.5, 0.6) is 0 Å². The highest BCUT2D eigenvalue weighted by Gasteiger charge is 2.36. The van der Waals surface area contributed by atoms with Gasteiger partial charge in [-0.1, -0.05) is 19.3 Å². The molecular formula is C21H25F2NO3S. The molecule has 1 fully saturated rings. The standard InChI is InChI=1S/C21H25F2NO3S/c1-14(20(25)26)15-9-16(22)12-21(23,11-15)27-13-17-10-19(7-8-24-17)28-18-5-3-2-4-6-18/h7-10,12,14,18H,2-6,11,13H2,1H3,(H,25,26). The zero-order valence-corrected chi connectivity index (χ0v) is 16.7. The van der Waals surface area contributed by atoms with E-state index in [2.05, 4.69) is 4.98 Å². The average Bonchev–Trinajstić information content (AvgIpc) is 2.66. The number of hydrogen-bond donors (Lipinski definition) is 1. The van der Waals surface area contributed by atoms with Crippen LogP contribution >= 0.6 is 11.8 Å². The summed E-state index contributed by atoms with van der Waals surface area (Å²) in [6.07, 6.45) is 9.39. The number of carboxylic acids is 1. The lowest BCUT2D eigenvalue weighted by Crippen LogP contribution is -2.30. The first-order valence-electron chi connectivity index (χ1n) is 9.61. The molecule has 0 bridgehead atoms. The van der Waals surface area contributed by atoms with Crippen LogP contribution in [0.25, 0.3) is 0 Å². The van der Waals surface area contributed by atoms with E-state index in [1.165, 1.54) is 39.0 Å². The van der Waals surface area contributed by atoms with Gasteiger partial charge in [0, 0.05) is 28.8 Å². The van der Waals surface area contributed by atoms with Crippen molar-refractivity contribution in [3.05, 3.63) is 47.6 Å². The molecule has 0 aromatic carbocycles. The maximum atomic E-state index is 15.1. The van der Waals surface area contributed by atoms with Gasteiger partial charge in [0.05, 0.1) is 18.2 Å². The van der Waals surface area contributed by atoms with Crippen molar-refractivity contribution in [2.24, 2.45) is 5.92 Å². The number of rotatable bonds is 7. The van der Waals surface area contributed by atoms with E-state index in [1.807, 2.05) is 23.9 Å². The monoisotopic (exact) mass is 409 g/mol. The molecule has 1 saturated carbocycles. The van der Waals surface area contributed by atoms with Gasteiger partial charge >= 0.3 is 5.97 Å². The molecule has 2 aliphatic rings. The molecule has 1 heterocycles. The number of thioether (sulfide) groups is 1. The smallest absolute Gasteiger partial charge is 0.310 e. The number of aromatic nitrogens is 1. The summed E-state index contributed by atoms with van der Waals surface area (Å²) in [5, 5.41) is 9.70. The van der Waals surface area contributed by atoms with E-state index in [0.29, 0.717) is 10.9 Å². The second kappa shape index (κ2) is 9.18. The van der Waals surface area contributed by atoms with Crippen LogP contribution in [-0.4, -0.2) is 27.2 Å². The van der Waals surface area contributed by atoms with Crippen LogP contribution in [0.3, 0.4) is 0 Å². The lowest BCUT2D eigenvalue weighted by Gasteiger charge is -2.28. The summed E-state index contributed by atoms with van der Waals surface area (Å²) in [4.78, 5) is 16.4. The molecule has 4 nitrogen and oxygen atoms in total. The molecule has 2 atom stereocenters. The van der Waals surface area contributed by atoms with Gasteiger partial charge in [0.2, 0.25) is 5.85 Å². The minimum atomic E-state index is -2.38. The normalized spacial score (nSPS) is 24.4. The van der Waals surface area contributed by atoms with E-state index in [-0.39, 0.29) is 18.6 Å². The minimum Gasteiger partial charge on any atom is -0.481 e. The average molecular weight is 409 g/mol. The Morgan fingerprint density at radius 3 is 2.89 bits per heavy atom. The molecule has 2 unspecified atom stereocenters. The Bertz CT molecular complexity index is 777. The van der Waals surface area contributed by atoms with Gasteiger partial charge in [-0.3, -0.25) is 9.78 Å². The van der Waals surface area contributed by atoms with Gasteiger partial charge < -0.3 is 9.84 Å². The summed E-state index contributed by atoms with van der Waals surface area (Å²) < 4.78 is 34.2. The van der Waals surface area contributed by atoms with Gasteiger partial charge in [0.1, 0.15) is 5.83 Å². The lowest BCUT2D eigenvalue weighted by atomic mass is 9.90. The Hall–Kier alpha value is -1.73. The van der Waals surface area contributed by atoms with Crippen molar-refractivity contribution in [2.75, 3.05) is 0 Å². The fraction of sp³-hybridized carbons (Fsp3) is 0.524. The number of carboxylic acid groups (broad SMARTS) is 1. The first-order chi connectivity index (χ1) is 13.3. The van der Waals surface area contributed by atoms with Crippen molar-refractivity contribution in [3.8, 4) is 0 Å². The molecule has 28 heavy (non-hydrogen) atoms. The number of ether oxygens (including phenoxy) is 1. The van der Waals surface area contributed by atoms with Crippen molar-refractivity contribution in [1.82, 2.24) is 4.98 Å². The molecule has 1 aromatic rings. The Kier molecular flexibility index (Phi) is 6.88. The predicted molar refractivity (Wildman–Crippen MR) is 104 cm³/mol. The highest BCUT2D eigenvalue weighted by atomic mass is 32.2. The van der Waals surface area contributed by atoms with Crippen molar-refractivity contribution >= 4 is 17.7 Å². The van der Waals surface area contributed by atoms with Crippen LogP contribution in [0.15, 0.2) is 46.8 Å². The first-order valence-corrected chi connectivity index (χ1v) is 10.5. The molecular weight excluding hydrogens is 384 g/mol. The van der Waals surface area contributed by atoms with E-state index in [9.17, 15) is 9.18 Å². The molecule has 0 spiro atoms. The maximum absolute atomic E-state index is 15.1. The van der Waals surface area contributed by atoms with Crippen LogP contribution in [0, 0.1) is 5.92 Å². The van der Waals surface area contributed by atoms with E-state index >= 15 is 4.39 Å². The number of allylic oxidation sites excluding steroid dienone is 2. The van der Waals surface area contributed by atoms with Gasteiger partial charge in [-0.05, 0) is 43.5 Å². The van der Waals surface area contributed by atoms with E-state index in [4.69, 9.17) is 9.84 Å². The van der Waals surface area contributed by atoms with E-state index < -0.39 is 23.6 Å². The first kappa shape index (κ1) is 21.0. The number of alkyl halides is 1. The number of halogens is 2.